The monoisotopic (exact) mass is 289 g/mol. The van der Waals surface area contributed by atoms with Gasteiger partial charge in [0, 0.05) is 12.3 Å². The number of rotatable bonds is 4. The molecule has 0 bridgehead atoms. The van der Waals surface area contributed by atoms with Crippen LogP contribution < -0.4 is 15.0 Å². The smallest absolute Gasteiger partial charge is 0.341 e. The van der Waals surface area contributed by atoms with Crippen LogP contribution in [0.5, 0.6) is 11.5 Å². The molecule has 0 saturated carbocycles. The van der Waals surface area contributed by atoms with Gasteiger partial charge in [-0.15, -0.1) is 0 Å². The molecule has 1 aromatic carbocycles. The fraction of sp³-hybridized carbons (Fsp3) is 0.200. The van der Waals surface area contributed by atoms with E-state index in [-0.39, 0.29) is 5.56 Å². The van der Waals surface area contributed by atoms with Crippen molar-refractivity contribution in [2.45, 2.75) is 6.92 Å². The van der Waals surface area contributed by atoms with Crippen LogP contribution in [0.4, 0.5) is 0 Å². The Balaban J connectivity index is 2.71. The van der Waals surface area contributed by atoms with Crippen molar-refractivity contribution < 1.29 is 19.4 Å². The Hall–Kier alpha value is -2.76. The molecule has 1 N–H and O–H groups in total. The maximum atomic E-state index is 12.3. The first-order valence-electron chi connectivity index (χ1n) is 6.17. The summed E-state index contributed by atoms with van der Waals surface area (Å²) in [6.45, 7) is 1.58. The third-order valence-electron chi connectivity index (χ3n) is 3.16. The lowest BCUT2D eigenvalue weighted by atomic mass is 10.1. The van der Waals surface area contributed by atoms with Gasteiger partial charge in [-0.3, -0.25) is 9.36 Å². The van der Waals surface area contributed by atoms with Gasteiger partial charge < -0.3 is 14.6 Å². The van der Waals surface area contributed by atoms with E-state index in [1.807, 2.05) is 0 Å². The Labute approximate surface area is 121 Å². The average Bonchev–Trinajstić information content (AvgIpc) is 2.46. The summed E-state index contributed by atoms with van der Waals surface area (Å²) >= 11 is 0. The third-order valence-corrected chi connectivity index (χ3v) is 3.16. The van der Waals surface area contributed by atoms with Crippen molar-refractivity contribution in [2.75, 3.05) is 14.2 Å². The van der Waals surface area contributed by atoms with Gasteiger partial charge in [-0.2, -0.15) is 0 Å². The summed E-state index contributed by atoms with van der Waals surface area (Å²) in [5.74, 6) is -0.259. The van der Waals surface area contributed by atoms with Gasteiger partial charge in [-0.25, -0.2) is 4.79 Å². The molecule has 1 heterocycles. The first-order valence-corrected chi connectivity index (χ1v) is 6.17. The zero-order chi connectivity index (χ0) is 15.6. The van der Waals surface area contributed by atoms with Crippen LogP contribution >= 0.6 is 0 Å². The van der Waals surface area contributed by atoms with Crippen molar-refractivity contribution in [3.8, 4) is 17.2 Å². The Morgan fingerprint density at radius 3 is 2.48 bits per heavy atom. The third kappa shape index (κ3) is 2.60. The molecular weight excluding hydrogens is 274 g/mol. The second-order valence-electron chi connectivity index (χ2n) is 4.39. The van der Waals surface area contributed by atoms with Crippen LogP contribution in [0.25, 0.3) is 5.69 Å². The van der Waals surface area contributed by atoms with E-state index in [4.69, 9.17) is 14.6 Å². The SMILES string of the molecule is COc1ccc(-n2ccc(C)c(C(=O)O)c2=O)c(OC)c1. The minimum absolute atomic E-state index is 0.254. The Bertz CT molecular complexity index is 748. The number of aromatic nitrogens is 1. The van der Waals surface area contributed by atoms with Crippen molar-refractivity contribution >= 4 is 5.97 Å². The summed E-state index contributed by atoms with van der Waals surface area (Å²) in [5.41, 5.74) is 0.00312. The van der Waals surface area contributed by atoms with Crippen LogP contribution in [-0.2, 0) is 0 Å². The molecule has 2 aromatic rings. The summed E-state index contributed by atoms with van der Waals surface area (Å²) in [6, 6.07) is 6.52. The van der Waals surface area contributed by atoms with Crippen LogP contribution in [0.2, 0.25) is 0 Å². The number of pyridine rings is 1. The summed E-state index contributed by atoms with van der Waals surface area (Å²) < 4.78 is 11.6. The highest BCUT2D eigenvalue weighted by molar-refractivity contribution is 5.88. The van der Waals surface area contributed by atoms with E-state index in [1.165, 1.54) is 25.0 Å². The van der Waals surface area contributed by atoms with E-state index in [1.54, 1.807) is 31.2 Å². The highest BCUT2D eigenvalue weighted by Crippen LogP contribution is 2.27. The van der Waals surface area contributed by atoms with Gasteiger partial charge in [0.25, 0.3) is 5.56 Å². The number of hydrogen-bond donors (Lipinski definition) is 1. The van der Waals surface area contributed by atoms with Crippen molar-refractivity contribution in [1.29, 1.82) is 0 Å². The highest BCUT2D eigenvalue weighted by Gasteiger charge is 2.17. The molecule has 6 heteroatoms. The highest BCUT2D eigenvalue weighted by atomic mass is 16.5. The number of carboxylic acid groups (broad SMARTS) is 1. The van der Waals surface area contributed by atoms with Crippen molar-refractivity contribution in [2.24, 2.45) is 0 Å². The number of aromatic carboxylic acids is 1. The molecule has 0 radical (unpaired) electrons. The van der Waals surface area contributed by atoms with Gasteiger partial charge >= 0.3 is 5.97 Å². The van der Waals surface area contributed by atoms with Gasteiger partial charge in [0.2, 0.25) is 0 Å². The summed E-state index contributed by atoms with van der Waals surface area (Å²) in [5, 5.41) is 9.16. The number of nitrogens with zero attached hydrogens (tertiary/aromatic N) is 1. The molecule has 0 aliphatic heterocycles. The summed E-state index contributed by atoms with van der Waals surface area (Å²) in [6.07, 6.45) is 1.52. The van der Waals surface area contributed by atoms with Crippen LogP contribution in [0.15, 0.2) is 35.3 Å². The summed E-state index contributed by atoms with van der Waals surface area (Å²) in [7, 11) is 2.99. The van der Waals surface area contributed by atoms with Crippen molar-refractivity contribution in [3.63, 3.8) is 0 Å². The molecule has 2 rings (SSSR count). The maximum Gasteiger partial charge on any atom is 0.341 e. The summed E-state index contributed by atoms with van der Waals surface area (Å²) in [4.78, 5) is 23.6. The van der Waals surface area contributed by atoms with E-state index in [9.17, 15) is 9.59 Å². The zero-order valence-electron chi connectivity index (χ0n) is 11.9. The number of aryl methyl sites for hydroxylation is 1. The van der Waals surface area contributed by atoms with Gasteiger partial charge in [0.05, 0.1) is 19.9 Å². The van der Waals surface area contributed by atoms with Gasteiger partial charge in [0.1, 0.15) is 17.1 Å². The van der Waals surface area contributed by atoms with Crippen molar-refractivity contribution in [3.05, 3.63) is 51.9 Å². The van der Waals surface area contributed by atoms with Crippen LogP contribution in [0, 0.1) is 6.92 Å². The number of hydrogen-bond acceptors (Lipinski definition) is 4. The Morgan fingerprint density at radius 1 is 1.19 bits per heavy atom. The fourth-order valence-corrected chi connectivity index (χ4v) is 2.06. The first-order chi connectivity index (χ1) is 9.99. The van der Waals surface area contributed by atoms with Gasteiger partial charge in [-0.1, -0.05) is 0 Å². The average molecular weight is 289 g/mol. The Kier molecular flexibility index (Phi) is 3.98. The fourth-order valence-electron chi connectivity index (χ4n) is 2.06. The molecule has 6 nitrogen and oxygen atoms in total. The zero-order valence-corrected chi connectivity index (χ0v) is 11.9. The lowest BCUT2D eigenvalue weighted by Crippen LogP contribution is -2.26. The van der Waals surface area contributed by atoms with Crippen LogP contribution in [-0.4, -0.2) is 29.9 Å². The molecule has 0 aliphatic rings. The van der Waals surface area contributed by atoms with Crippen LogP contribution in [0.3, 0.4) is 0 Å². The number of methoxy groups -OCH3 is 2. The molecule has 21 heavy (non-hydrogen) atoms. The van der Waals surface area contributed by atoms with Crippen LogP contribution in [0.1, 0.15) is 15.9 Å². The molecule has 110 valence electrons. The van der Waals surface area contributed by atoms with E-state index < -0.39 is 11.5 Å². The van der Waals surface area contributed by atoms with E-state index in [2.05, 4.69) is 0 Å². The number of carboxylic acids is 1. The molecule has 0 aliphatic carbocycles. The second kappa shape index (κ2) is 5.70. The second-order valence-corrected chi connectivity index (χ2v) is 4.39. The molecule has 0 saturated heterocycles. The van der Waals surface area contributed by atoms with E-state index in [0.29, 0.717) is 22.7 Å². The predicted octanol–water partition coefficient (Wildman–Crippen LogP) is 1.86. The van der Waals surface area contributed by atoms with E-state index >= 15 is 0 Å². The maximum absolute atomic E-state index is 12.3. The molecule has 1 aromatic heterocycles. The topological polar surface area (TPSA) is 77.8 Å². The minimum atomic E-state index is -1.25. The molecule has 0 atom stereocenters. The lowest BCUT2D eigenvalue weighted by molar-refractivity contribution is 0.0693. The van der Waals surface area contributed by atoms with Crippen molar-refractivity contribution in [1.82, 2.24) is 4.57 Å². The first kappa shape index (κ1) is 14.6. The minimum Gasteiger partial charge on any atom is -0.497 e. The van der Waals surface area contributed by atoms with Gasteiger partial charge in [0.15, 0.2) is 0 Å². The number of benzene rings is 1. The lowest BCUT2D eigenvalue weighted by Gasteiger charge is -2.13. The predicted molar refractivity (Wildman–Crippen MR) is 76.8 cm³/mol. The number of ether oxygens (including phenoxy) is 2. The number of carbonyl (C=O) groups is 1. The molecule has 0 unspecified atom stereocenters. The molecule has 0 fully saturated rings. The normalized spacial score (nSPS) is 10.2. The van der Waals surface area contributed by atoms with E-state index in [0.717, 1.165) is 0 Å². The Morgan fingerprint density at radius 2 is 1.90 bits per heavy atom. The van der Waals surface area contributed by atoms with Gasteiger partial charge in [-0.05, 0) is 30.7 Å². The quantitative estimate of drug-likeness (QED) is 0.929. The largest absolute Gasteiger partial charge is 0.497 e. The standard InChI is InChI=1S/C15H15NO5/c1-9-6-7-16(14(17)13(9)15(18)19)11-5-4-10(20-2)8-12(11)21-3/h4-8H,1-3H3,(H,18,19). The molecular formula is C15H15NO5. The molecule has 0 spiro atoms. The molecule has 0 amide bonds.